The van der Waals surface area contributed by atoms with Gasteiger partial charge in [0, 0.05) is 5.88 Å². The van der Waals surface area contributed by atoms with Gasteiger partial charge in [0.05, 0.1) is 0 Å². The summed E-state index contributed by atoms with van der Waals surface area (Å²) in [5.74, 6) is 1.68. The van der Waals surface area contributed by atoms with Gasteiger partial charge in [-0.15, -0.1) is 11.6 Å². The lowest BCUT2D eigenvalue weighted by Crippen LogP contribution is -1.67. The van der Waals surface area contributed by atoms with Crippen LogP contribution in [0.25, 0.3) is 0 Å². The summed E-state index contributed by atoms with van der Waals surface area (Å²) in [6.45, 7) is 0. The van der Waals surface area contributed by atoms with Crippen molar-refractivity contribution < 1.29 is 0 Å². The fourth-order valence-electron chi connectivity index (χ4n) is 0.640. The Hall–Kier alpha value is 0.0300. The summed E-state index contributed by atoms with van der Waals surface area (Å²) in [6.07, 6.45) is 8.31. The molecule has 0 spiro atoms. The number of alkyl halides is 1. The van der Waals surface area contributed by atoms with Gasteiger partial charge in [-0.25, -0.2) is 0 Å². The van der Waals surface area contributed by atoms with Crippen molar-refractivity contribution in [3.63, 3.8) is 0 Å². The van der Waals surface area contributed by atoms with Crippen molar-refractivity contribution in [2.75, 3.05) is 5.88 Å². The quantitative estimate of drug-likeness (QED) is 0.407. The lowest BCUT2D eigenvalue weighted by atomic mass is 10.3. The maximum atomic E-state index is 5.45. The molecule has 1 fully saturated rings. The van der Waals surface area contributed by atoms with Gasteiger partial charge < -0.3 is 0 Å². The summed E-state index contributed by atoms with van der Waals surface area (Å²) in [5, 5.41) is 0. The van der Waals surface area contributed by atoms with E-state index in [9.17, 15) is 0 Å². The van der Waals surface area contributed by atoms with E-state index in [-0.39, 0.29) is 0 Å². The Morgan fingerprint density at radius 3 is 2.75 bits per heavy atom. The van der Waals surface area contributed by atoms with Crippen molar-refractivity contribution in [2.24, 2.45) is 5.92 Å². The Morgan fingerprint density at radius 1 is 1.50 bits per heavy atom. The van der Waals surface area contributed by atoms with Gasteiger partial charge in [-0.1, -0.05) is 12.2 Å². The van der Waals surface area contributed by atoms with Crippen LogP contribution in [0.3, 0.4) is 0 Å². The molecular formula is C7H11Cl. The highest BCUT2D eigenvalue weighted by Crippen LogP contribution is 2.30. The van der Waals surface area contributed by atoms with Crippen LogP contribution in [0.15, 0.2) is 12.2 Å². The highest BCUT2D eigenvalue weighted by Gasteiger charge is 2.16. The van der Waals surface area contributed by atoms with Crippen molar-refractivity contribution in [2.45, 2.75) is 19.3 Å². The summed E-state index contributed by atoms with van der Waals surface area (Å²) in [5.41, 5.74) is 0. The molecule has 1 aliphatic rings. The summed E-state index contributed by atoms with van der Waals surface area (Å²) < 4.78 is 0. The second kappa shape index (κ2) is 3.13. The zero-order valence-corrected chi connectivity index (χ0v) is 5.69. The molecule has 0 radical (unpaired) electrons. The Labute approximate surface area is 55.5 Å². The number of hydrogen-bond acceptors (Lipinski definition) is 0. The average Bonchev–Trinajstić information content (AvgIpc) is 2.51. The highest BCUT2D eigenvalue weighted by atomic mass is 35.5. The Bertz CT molecular complexity index is 82.4. The van der Waals surface area contributed by atoms with Crippen LogP contribution >= 0.6 is 11.6 Å². The Balaban J connectivity index is 1.96. The van der Waals surface area contributed by atoms with Gasteiger partial charge in [-0.05, 0) is 25.2 Å². The molecule has 0 aliphatic heterocycles. The van der Waals surface area contributed by atoms with E-state index in [1.54, 1.807) is 0 Å². The van der Waals surface area contributed by atoms with Crippen LogP contribution in [0, 0.1) is 5.92 Å². The van der Waals surface area contributed by atoms with E-state index in [2.05, 4.69) is 12.2 Å². The molecule has 0 atom stereocenters. The lowest BCUT2D eigenvalue weighted by Gasteiger charge is -1.79. The SMILES string of the molecule is ClCCC=CC1CC1. The van der Waals surface area contributed by atoms with Crippen LogP contribution < -0.4 is 0 Å². The molecule has 1 heteroatoms. The van der Waals surface area contributed by atoms with E-state index < -0.39 is 0 Å². The first kappa shape index (κ1) is 6.15. The summed E-state index contributed by atoms with van der Waals surface area (Å²) in [4.78, 5) is 0. The van der Waals surface area contributed by atoms with E-state index in [4.69, 9.17) is 11.6 Å². The lowest BCUT2D eigenvalue weighted by molar-refractivity contribution is 1.09. The van der Waals surface area contributed by atoms with Crippen molar-refractivity contribution >= 4 is 11.6 Å². The van der Waals surface area contributed by atoms with E-state index in [1.807, 2.05) is 0 Å². The number of halogens is 1. The molecule has 1 aliphatic carbocycles. The molecule has 1 rings (SSSR count). The van der Waals surface area contributed by atoms with E-state index in [0.29, 0.717) is 0 Å². The molecule has 0 aromatic rings. The van der Waals surface area contributed by atoms with Gasteiger partial charge in [0.2, 0.25) is 0 Å². The Kier molecular flexibility index (Phi) is 2.41. The van der Waals surface area contributed by atoms with Crippen LogP contribution in [-0.2, 0) is 0 Å². The van der Waals surface area contributed by atoms with Crippen molar-refractivity contribution in [1.82, 2.24) is 0 Å². The van der Waals surface area contributed by atoms with Crippen molar-refractivity contribution in [1.29, 1.82) is 0 Å². The molecule has 46 valence electrons. The molecule has 0 bridgehead atoms. The first-order chi connectivity index (χ1) is 3.93. The monoisotopic (exact) mass is 130 g/mol. The maximum Gasteiger partial charge on any atom is 0.0258 e. The van der Waals surface area contributed by atoms with Gasteiger partial charge in [0.25, 0.3) is 0 Å². The largest absolute Gasteiger partial charge is 0.126 e. The van der Waals surface area contributed by atoms with Crippen LogP contribution in [0.1, 0.15) is 19.3 Å². The van der Waals surface area contributed by atoms with Crippen LogP contribution in [-0.4, -0.2) is 5.88 Å². The molecule has 0 aromatic heterocycles. The van der Waals surface area contributed by atoms with E-state index in [0.717, 1.165) is 18.2 Å². The van der Waals surface area contributed by atoms with Crippen LogP contribution in [0.5, 0.6) is 0 Å². The minimum absolute atomic E-state index is 0.767. The van der Waals surface area contributed by atoms with Gasteiger partial charge in [-0.3, -0.25) is 0 Å². The predicted molar refractivity (Wildman–Crippen MR) is 37.2 cm³/mol. The highest BCUT2D eigenvalue weighted by molar-refractivity contribution is 6.17. The Morgan fingerprint density at radius 2 is 2.25 bits per heavy atom. The fourth-order valence-corrected chi connectivity index (χ4v) is 0.766. The third kappa shape index (κ3) is 2.37. The second-order valence-corrected chi connectivity index (χ2v) is 2.62. The topological polar surface area (TPSA) is 0 Å². The van der Waals surface area contributed by atoms with Gasteiger partial charge >= 0.3 is 0 Å². The zero-order valence-electron chi connectivity index (χ0n) is 4.94. The molecular weight excluding hydrogens is 120 g/mol. The minimum Gasteiger partial charge on any atom is -0.126 e. The first-order valence-corrected chi connectivity index (χ1v) is 3.69. The molecule has 0 unspecified atom stereocenters. The molecule has 1 saturated carbocycles. The first-order valence-electron chi connectivity index (χ1n) is 3.16. The molecule has 0 aromatic carbocycles. The van der Waals surface area contributed by atoms with E-state index >= 15 is 0 Å². The van der Waals surface area contributed by atoms with Gasteiger partial charge in [-0.2, -0.15) is 0 Å². The summed E-state index contributed by atoms with van der Waals surface area (Å²) >= 11 is 5.45. The average molecular weight is 131 g/mol. The summed E-state index contributed by atoms with van der Waals surface area (Å²) in [7, 11) is 0. The fraction of sp³-hybridized carbons (Fsp3) is 0.714. The van der Waals surface area contributed by atoms with Gasteiger partial charge in [0.15, 0.2) is 0 Å². The molecule has 0 amide bonds. The number of rotatable bonds is 3. The molecule has 0 heterocycles. The van der Waals surface area contributed by atoms with Crippen molar-refractivity contribution in [3.05, 3.63) is 12.2 Å². The summed E-state index contributed by atoms with van der Waals surface area (Å²) in [6, 6.07) is 0. The molecule has 0 nitrogen and oxygen atoms in total. The number of allylic oxidation sites excluding steroid dienone is 2. The standard InChI is InChI=1S/C7H11Cl/c8-6-2-1-3-7-4-5-7/h1,3,7H,2,4-6H2. The van der Waals surface area contributed by atoms with Gasteiger partial charge in [0.1, 0.15) is 0 Å². The minimum atomic E-state index is 0.767. The molecule has 8 heavy (non-hydrogen) atoms. The number of hydrogen-bond donors (Lipinski definition) is 0. The maximum absolute atomic E-state index is 5.45. The second-order valence-electron chi connectivity index (χ2n) is 2.24. The smallest absolute Gasteiger partial charge is 0.0258 e. The third-order valence-corrected chi connectivity index (χ3v) is 1.52. The van der Waals surface area contributed by atoms with Crippen LogP contribution in [0.4, 0.5) is 0 Å². The van der Waals surface area contributed by atoms with Crippen molar-refractivity contribution in [3.8, 4) is 0 Å². The van der Waals surface area contributed by atoms with Crippen LogP contribution in [0.2, 0.25) is 0 Å². The normalized spacial score (nSPS) is 20.1. The molecule has 0 saturated heterocycles. The third-order valence-electron chi connectivity index (χ3n) is 1.31. The predicted octanol–water partition coefficient (Wildman–Crippen LogP) is 2.58. The molecule has 0 N–H and O–H groups in total. The zero-order chi connectivity index (χ0) is 5.82. The van der Waals surface area contributed by atoms with E-state index in [1.165, 1.54) is 12.8 Å².